The SMILES string of the molecule is CCCCCCc1cc2cc(-c3nc(-c4ccc([N+](=O)[O-])cc4)cs3)c(=O)oc2cc1OC(C)=O. The number of ether oxygens (including phenoxy) is 1. The maximum Gasteiger partial charge on any atom is 0.346 e. The van der Waals surface area contributed by atoms with Gasteiger partial charge in [-0.1, -0.05) is 26.2 Å². The molecule has 0 atom stereocenters. The largest absolute Gasteiger partial charge is 0.426 e. The third-order valence-electron chi connectivity index (χ3n) is 5.58. The van der Waals surface area contributed by atoms with Crippen molar-refractivity contribution in [1.29, 1.82) is 0 Å². The van der Waals surface area contributed by atoms with Crippen LogP contribution >= 0.6 is 11.3 Å². The van der Waals surface area contributed by atoms with Crippen LogP contribution < -0.4 is 10.4 Å². The molecule has 0 amide bonds. The number of nitro groups is 1. The maximum atomic E-state index is 12.8. The second-order valence-corrected chi connectivity index (χ2v) is 9.05. The van der Waals surface area contributed by atoms with Crippen LogP contribution in [0.2, 0.25) is 0 Å². The lowest BCUT2D eigenvalue weighted by Gasteiger charge is -2.11. The molecule has 0 saturated heterocycles. The van der Waals surface area contributed by atoms with Gasteiger partial charge in [0.15, 0.2) is 0 Å². The number of carbonyl (C=O) groups excluding carboxylic acids is 1. The molecule has 0 bridgehead atoms. The highest BCUT2D eigenvalue weighted by atomic mass is 32.1. The van der Waals surface area contributed by atoms with Crippen molar-refractivity contribution in [1.82, 2.24) is 4.98 Å². The predicted octanol–water partition coefficient (Wildman–Crippen LogP) is 6.54. The van der Waals surface area contributed by atoms with E-state index in [0.29, 0.717) is 38.5 Å². The minimum Gasteiger partial charge on any atom is -0.426 e. The van der Waals surface area contributed by atoms with Crippen LogP contribution in [0.1, 0.15) is 45.1 Å². The van der Waals surface area contributed by atoms with Gasteiger partial charge in [-0.05, 0) is 42.7 Å². The van der Waals surface area contributed by atoms with Gasteiger partial charge in [0.25, 0.3) is 5.69 Å². The normalized spacial score (nSPS) is 11.0. The monoisotopic (exact) mass is 492 g/mol. The average Bonchev–Trinajstić information content (AvgIpc) is 3.31. The summed E-state index contributed by atoms with van der Waals surface area (Å²) < 4.78 is 11.0. The average molecular weight is 493 g/mol. The molecule has 0 aliphatic heterocycles. The molecule has 0 saturated carbocycles. The molecule has 0 fully saturated rings. The standard InChI is InChI=1S/C26H24N2O6S/c1-3-4-5-6-7-18-12-19-13-21(26(30)34-24(19)14-23(18)33-16(2)29)25-27-22(15-35-25)17-8-10-20(11-9-17)28(31)32/h8-15H,3-7H2,1-2H3. The van der Waals surface area contributed by atoms with Crippen LogP contribution in [0.5, 0.6) is 5.75 Å². The first kappa shape index (κ1) is 24.3. The van der Waals surface area contributed by atoms with Gasteiger partial charge >= 0.3 is 11.6 Å². The van der Waals surface area contributed by atoms with E-state index in [1.807, 2.05) is 6.07 Å². The molecule has 180 valence electrons. The van der Waals surface area contributed by atoms with Crippen LogP contribution in [-0.2, 0) is 11.2 Å². The number of nitro benzene ring substituents is 1. The molecule has 9 heteroatoms. The highest BCUT2D eigenvalue weighted by molar-refractivity contribution is 7.13. The van der Waals surface area contributed by atoms with Gasteiger partial charge in [-0.2, -0.15) is 0 Å². The lowest BCUT2D eigenvalue weighted by molar-refractivity contribution is -0.384. The third-order valence-corrected chi connectivity index (χ3v) is 6.45. The summed E-state index contributed by atoms with van der Waals surface area (Å²) in [5.41, 5.74) is 2.32. The molecule has 0 aliphatic carbocycles. The van der Waals surface area contributed by atoms with Crippen molar-refractivity contribution >= 4 is 34.0 Å². The molecule has 2 aromatic heterocycles. The van der Waals surface area contributed by atoms with E-state index in [1.54, 1.807) is 29.6 Å². The minimum absolute atomic E-state index is 0.00185. The fourth-order valence-electron chi connectivity index (χ4n) is 3.82. The summed E-state index contributed by atoms with van der Waals surface area (Å²) >= 11 is 1.29. The Kier molecular flexibility index (Phi) is 7.36. The van der Waals surface area contributed by atoms with Crippen molar-refractivity contribution in [3.63, 3.8) is 0 Å². The Bertz CT molecular complexity index is 1440. The molecule has 0 radical (unpaired) electrons. The number of carbonyl (C=O) groups is 1. The number of aryl methyl sites for hydroxylation is 1. The van der Waals surface area contributed by atoms with Gasteiger partial charge in [0.1, 0.15) is 16.3 Å². The molecule has 4 rings (SSSR count). The molecule has 2 aromatic carbocycles. The van der Waals surface area contributed by atoms with Crippen LogP contribution in [0, 0.1) is 10.1 Å². The zero-order valence-electron chi connectivity index (χ0n) is 19.4. The molecule has 0 N–H and O–H groups in total. The van der Waals surface area contributed by atoms with E-state index in [2.05, 4.69) is 11.9 Å². The van der Waals surface area contributed by atoms with Crippen LogP contribution in [0.3, 0.4) is 0 Å². The number of aromatic nitrogens is 1. The van der Waals surface area contributed by atoms with Gasteiger partial charge in [0.2, 0.25) is 0 Å². The predicted molar refractivity (Wildman–Crippen MR) is 135 cm³/mol. The van der Waals surface area contributed by atoms with E-state index >= 15 is 0 Å². The number of thiazole rings is 1. The Morgan fingerprint density at radius 3 is 2.60 bits per heavy atom. The molecular formula is C26H24N2O6S. The van der Waals surface area contributed by atoms with Crippen LogP contribution in [-0.4, -0.2) is 15.9 Å². The summed E-state index contributed by atoms with van der Waals surface area (Å²) in [4.78, 5) is 39.4. The lowest BCUT2D eigenvalue weighted by Crippen LogP contribution is -2.06. The van der Waals surface area contributed by atoms with Gasteiger partial charge in [0.05, 0.1) is 16.2 Å². The van der Waals surface area contributed by atoms with Crippen molar-refractivity contribution < 1.29 is 18.9 Å². The molecule has 35 heavy (non-hydrogen) atoms. The van der Waals surface area contributed by atoms with E-state index in [0.717, 1.165) is 37.7 Å². The van der Waals surface area contributed by atoms with Crippen molar-refractivity contribution in [2.24, 2.45) is 0 Å². The fraction of sp³-hybridized carbons (Fsp3) is 0.269. The quantitative estimate of drug-likeness (QED) is 0.0651. The van der Waals surface area contributed by atoms with E-state index in [4.69, 9.17) is 9.15 Å². The number of unbranched alkanes of at least 4 members (excludes halogenated alkanes) is 3. The number of hydrogen-bond acceptors (Lipinski definition) is 8. The van der Waals surface area contributed by atoms with Crippen LogP contribution in [0.25, 0.3) is 32.8 Å². The molecule has 8 nitrogen and oxygen atoms in total. The number of nitrogens with zero attached hydrogens (tertiary/aromatic N) is 2. The van der Waals surface area contributed by atoms with E-state index in [-0.39, 0.29) is 5.69 Å². The van der Waals surface area contributed by atoms with E-state index in [1.165, 1.54) is 30.4 Å². The molecular weight excluding hydrogens is 468 g/mol. The van der Waals surface area contributed by atoms with Gasteiger partial charge < -0.3 is 9.15 Å². The van der Waals surface area contributed by atoms with Crippen molar-refractivity contribution in [2.45, 2.75) is 46.0 Å². The first-order valence-corrected chi connectivity index (χ1v) is 12.2. The smallest absolute Gasteiger partial charge is 0.346 e. The molecule has 2 heterocycles. The number of non-ortho nitro benzene ring substituents is 1. The highest BCUT2D eigenvalue weighted by Gasteiger charge is 2.16. The molecule has 0 spiro atoms. The fourth-order valence-corrected chi connectivity index (χ4v) is 4.65. The van der Waals surface area contributed by atoms with E-state index in [9.17, 15) is 19.7 Å². The summed E-state index contributed by atoms with van der Waals surface area (Å²) in [5, 5.41) is 13.9. The van der Waals surface area contributed by atoms with Gasteiger partial charge in [-0.15, -0.1) is 11.3 Å². The summed E-state index contributed by atoms with van der Waals surface area (Å²) in [5.74, 6) is -0.0215. The minimum atomic E-state index is -0.549. The van der Waals surface area contributed by atoms with Gasteiger partial charge in [-0.3, -0.25) is 14.9 Å². The Hall–Kier alpha value is -3.85. The number of benzene rings is 2. The summed E-state index contributed by atoms with van der Waals surface area (Å²) in [7, 11) is 0. The highest BCUT2D eigenvalue weighted by Crippen LogP contribution is 2.32. The molecule has 0 unspecified atom stereocenters. The van der Waals surface area contributed by atoms with Crippen molar-refractivity contribution in [3.05, 3.63) is 73.9 Å². The summed E-state index contributed by atoms with van der Waals surface area (Å²) in [6.45, 7) is 3.49. The van der Waals surface area contributed by atoms with Gasteiger partial charge in [0, 0.05) is 41.5 Å². The number of esters is 1. The Labute approximate surface area is 205 Å². The van der Waals surface area contributed by atoms with Crippen LogP contribution in [0.15, 0.2) is 57.1 Å². The first-order chi connectivity index (χ1) is 16.9. The number of rotatable bonds is 9. The Balaban J connectivity index is 1.69. The summed E-state index contributed by atoms with van der Waals surface area (Å²) in [6, 6.07) is 11.3. The van der Waals surface area contributed by atoms with Crippen LogP contribution in [0.4, 0.5) is 5.69 Å². The topological polar surface area (TPSA) is 113 Å². The van der Waals surface area contributed by atoms with Crippen molar-refractivity contribution in [3.8, 4) is 27.6 Å². The second-order valence-electron chi connectivity index (χ2n) is 8.19. The molecule has 0 aliphatic rings. The summed E-state index contributed by atoms with van der Waals surface area (Å²) in [6.07, 6.45) is 5.04. The Morgan fingerprint density at radius 1 is 1.14 bits per heavy atom. The maximum absolute atomic E-state index is 12.8. The zero-order chi connectivity index (χ0) is 24.9. The van der Waals surface area contributed by atoms with Crippen molar-refractivity contribution in [2.75, 3.05) is 0 Å². The lowest BCUT2D eigenvalue weighted by atomic mass is 10.0. The zero-order valence-corrected chi connectivity index (χ0v) is 20.2. The second kappa shape index (κ2) is 10.6. The molecule has 4 aromatic rings. The Morgan fingerprint density at radius 2 is 1.91 bits per heavy atom. The third kappa shape index (κ3) is 5.63. The number of fused-ring (bicyclic) bond motifs is 1. The number of hydrogen-bond donors (Lipinski definition) is 0. The van der Waals surface area contributed by atoms with Gasteiger partial charge in [-0.25, -0.2) is 9.78 Å². The van der Waals surface area contributed by atoms with E-state index < -0.39 is 16.5 Å². The first-order valence-electron chi connectivity index (χ1n) is 11.4.